The van der Waals surface area contributed by atoms with E-state index in [-0.39, 0.29) is 0 Å². The molecule has 0 saturated carbocycles. The van der Waals surface area contributed by atoms with Crippen molar-refractivity contribution in [3.8, 4) is 11.4 Å². The first-order valence-electron chi connectivity index (χ1n) is 4.43. The van der Waals surface area contributed by atoms with Crippen LogP contribution in [0.2, 0.25) is 10.3 Å². The number of hydrogen-bond acceptors (Lipinski definition) is 3. The van der Waals surface area contributed by atoms with E-state index in [4.69, 9.17) is 23.2 Å². The minimum Gasteiger partial charge on any atom is -0.285 e. The van der Waals surface area contributed by atoms with Gasteiger partial charge in [0.1, 0.15) is 10.3 Å². The Bertz CT molecular complexity index is 444. The van der Waals surface area contributed by atoms with Crippen LogP contribution in [0.3, 0.4) is 0 Å². The Kier molecular flexibility index (Phi) is 2.88. The predicted octanol–water partition coefficient (Wildman–Crippen LogP) is 2.74. The minimum atomic E-state index is 0.397. The third-order valence-electron chi connectivity index (χ3n) is 2.02. The molecule has 0 radical (unpaired) electrons. The Balaban J connectivity index is 2.53. The molecule has 78 valence electrons. The van der Waals surface area contributed by atoms with Gasteiger partial charge in [0, 0.05) is 11.8 Å². The molecule has 0 unspecified atom stereocenters. The second-order valence-corrected chi connectivity index (χ2v) is 3.66. The van der Waals surface area contributed by atoms with Crippen LogP contribution in [0.4, 0.5) is 0 Å². The average Bonchev–Trinajstić information content (AvgIpc) is 2.69. The number of nitrogens with zero attached hydrogens (tertiary/aromatic N) is 3. The SMILES string of the molecule is CCc1c(Cl)nc(-c2cn[nH]c2)nc1Cl. The van der Waals surface area contributed by atoms with Gasteiger partial charge in [0.25, 0.3) is 0 Å². The maximum Gasteiger partial charge on any atom is 0.165 e. The van der Waals surface area contributed by atoms with Gasteiger partial charge in [-0.1, -0.05) is 30.1 Å². The predicted molar refractivity (Wildman–Crippen MR) is 59.0 cm³/mol. The zero-order valence-corrected chi connectivity index (χ0v) is 9.47. The third kappa shape index (κ3) is 1.96. The van der Waals surface area contributed by atoms with Crippen LogP contribution in [-0.2, 0) is 6.42 Å². The van der Waals surface area contributed by atoms with Crippen molar-refractivity contribution in [2.24, 2.45) is 0 Å². The number of hydrogen-bond donors (Lipinski definition) is 1. The Hall–Kier alpha value is -1.13. The number of aromatic nitrogens is 4. The quantitative estimate of drug-likeness (QED) is 0.825. The van der Waals surface area contributed by atoms with Gasteiger partial charge >= 0.3 is 0 Å². The van der Waals surface area contributed by atoms with E-state index >= 15 is 0 Å². The zero-order valence-electron chi connectivity index (χ0n) is 7.96. The highest BCUT2D eigenvalue weighted by molar-refractivity contribution is 6.34. The maximum absolute atomic E-state index is 5.99. The molecule has 2 aromatic rings. The van der Waals surface area contributed by atoms with E-state index in [1.807, 2.05) is 6.92 Å². The Morgan fingerprint density at radius 3 is 2.40 bits per heavy atom. The van der Waals surface area contributed by atoms with Gasteiger partial charge in [0.2, 0.25) is 0 Å². The van der Waals surface area contributed by atoms with Crippen molar-refractivity contribution in [2.45, 2.75) is 13.3 Å². The number of nitrogens with one attached hydrogen (secondary N) is 1. The highest BCUT2D eigenvalue weighted by Gasteiger charge is 2.11. The molecule has 0 fully saturated rings. The number of H-pyrrole nitrogens is 1. The fraction of sp³-hybridized carbons (Fsp3) is 0.222. The summed E-state index contributed by atoms with van der Waals surface area (Å²) in [6.45, 7) is 1.95. The Labute approximate surface area is 96.7 Å². The smallest absolute Gasteiger partial charge is 0.165 e. The van der Waals surface area contributed by atoms with E-state index in [1.54, 1.807) is 12.4 Å². The highest BCUT2D eigenvalue weighted by atomic mass is 35.5. The van der Waals surface area contributed by atoms with Crippen LogP contribution in [0, 0.1) is 0 Å². The molecule has 0 aromatic carbocycles. The molecule has 0 aliphatic rings. The lowest BCUT2D eigenvalue weighted by atomic mass is 10.2. The first kappa shape index (κ1) is 10.4. The summed E-state index contributed by atoms with van der Waals surface area (Å²) in [7, 11) is 0. The molecule has 1 N–H and O–H groups in total. The Morgan fingerprint density at radius 2 is 1.93 bits per heavy atom. The topological polar surface area (TPSA) is 54.5 Å². The standard InChI is InChI=1S/C9H8Cl2N4/c1-2-6-7(10)14-9(15-8(6)11)5-3-12-13-4-5/h3-4H,2H2,1H3,(H,12,13). The average molecular weight is 243 g/mol. The number of rotatable bonds is 2. The molecular formula is C9H8Cl2N4. The van der Waals surface area contributed by atoms with Crippen LogP contribution in [-0.4, -0.2) is 20.2 Å². The van der Waals surface area contributed by atoms with E-state index in [1.165, 1.54) is 0 Å². The van der Waals surface area contributed by atoms with Crippen LogP contribution >= 0.6 is 23.2 Å². The highest BCUT2D eigenvalue weighted by Crippen LogP contribution is 2.25. The molecule has 2 rings (SSSR count). The number of halogens is 2. The second kappa shape index (κ2) is 4.16. The van der Waals surface area contributed by atoms with E-state index in [2.05, 4.69) is 20.2 Å². The van der Waals surface area contributed by atoms with Crippen molar-refractivity contribution >= 4 is 23.2 Å². The largest absolute Gasteiger partial charge is 0.285 e. The van der Waals surface area contributed by atoms with Gasteiger partial charge in [-0.05, 0) is 6.42 Å². The van der Waals surface area contributed by atoms with Gasteiger partial charge in [-0.25, -0.2) is 9.97 Å². The number of aromatic amines is 1. The Morgan fingerprint density at radius 1 is 1.27 bits per heavy atom. The summed E-state index contributed by atoms with van der Waals surface area (Å²) in [4.78, 5) is 8.31. The fourth-order valence-corrected chi connectivity index (χ4v) is 1.88. The first-order chi connectivity index (χ1) is 7.22. The van der Waals surface area contributed by atoms with E-state index in [9.17, 15) is 0 Å². The molecule has 4 nitrogen and oxygen atoms in total. The molecule has 0 aliphatic heterocycles. The molecule has 0 amide bonds. The summed E-state index contributed by atoms with van der Waals surface area (Å²) in [6.07, 6.45) is 4.02. The van der Waals surface area contributed by atoms with Crippen LogP contribution in [0.5, 0.6) is 0 Å². The van der Waals surface area contributed by atoms with Crippen molar-refractivity contribution in [1.82, 2.24) is 20.2 Å². The van der Waals surface area contributed by atoms with Crippen molar-refractivity contribution in [2.75, 3.05) is 0 Å². The molecule has 0 aliphatic carbocycles. The van der Waals surface area contributed by atoms with Gasteiger partial charge in [-0.2, -0.15) is 5.10 Å². The molecule has 6 heteroatoms. The molecule has 0 spiro atoms. The normalized spacial score (nSPS) is 10.6. The monoisotopic (exact) mass is 242 g/mol. The van der Waals surface area contributed by atoms with Gasteiger partial charge in [-0.15, -0.1) is 0 Å². The molecule has 15 heavy (non-hydrogen) atoms. The summed E-state index contributed by atoms with van der Waals surface area (Å²) in [5.74, 6) is 0.482. The molecule has 0 saturated heterocycles. The lowest BCUT2D eigenvalue weighted by molar-refractivity contribution is 1.05. The van der Waals surface area contributed by atoms with Gasteiger partial charge in [-0.3, -0.25) is 5.10 Å². The molecule has 0 atom stereocenters. The zero-order chi connectivity index (χ0) is 10.8. The summed E-state index contributed by atoms with van der Waals surface area (Å²) in [6, 6.07) is 0. The first-order valence-corrected chi connectivity index (χ1v) is 5.19. The van der Waals surface area contributed by atoms with Gasteiger partial charge < -0.3 is 0 Å². The fourth-order valence-electron chi connectivity index (χ4n) is 1.23. The van der Waals surface area contributed by atoms with Crippen LogP contribution in [0.1, 0.15) is 12.5 Å². The van der Waals surface area contributed by atoms with Gasteiger partial charge in [0.05, 0.1) is 11.8 Å². The summed E-state index contributed by atoms with van der Waals surface area (Å²) in [5, 5.41) is 7.28. The lowest BCUT2D eigenvalue weighted by Gasteiger charge is -2.04. The summed E-state index contributed by atoms with van der Waals surface area (Å²) in [5.41, 5.74) is 1.53. The van der Waals surface area contributed by atoms with Crippen LogP contribution < -0.4 is 0 Å². The summed E-state index contributed by atoms with van der Waals surface area (Å²) < 4.78 is 0. The maximum atomic E-state index is 5.99. The third-order valence-corrected chi connectivity index (χ3v) is 2.64. The van der Waals surface area contributed by atoms with Crippen LogP contribution in [0.25, 0.3) is 11.4 Å². The van der Waals surface area contributed by atoms with Crippen molar-refractivity contribution in [3.05, 3.63) is 28.3 Å². The van der Waals surface area contributed by atoms with Crippen LogP contribution in [0.15, 0.2) is 12.4 Å². The molecule has 0 bridgehead atoms. The molecule has 2 aromatic heterocycles. The van der Waals surface area contributed by atoms with Gasteiger partial charge in [0.15, 0.2) is 5.82 Å². The van der Waals surface area contributed by atoms with E-state index in [0.717, 1.165) is 11.1 Å². The summed E-state index contributed by atoms with van der Waals surface area (Å²) >= 11 is 12.0. The molecule has 2 heterocycles. The van der Waals surface area contributed by atoms with Crippen molar-refractivity contribution < 1.29 is 0 Å². The minimum absolute atomic E-state index is 0.397. The second-order valence-electron chi connectivity index (χ2n) is 2.95. The van der Waals surface area contributed by atoms with E-state index in [0.29, 0.717) is 22.6 Å². The molecular weight excluding hydrogens is 235 g/mol. The lowest BCUT2D eigenvalue weighted by Crippen LogP contribution is -1.95. The van der Waals surface area contributed by atoms with E-state index < -0.39 is 0 Å². The van der Waals surface area contributed by atoms with Crippen molar-refractivity contribution in [1.29, 1.82) is 0 Å². The van der Waals surface area contributed by atoms with Crippen molar-refractivity contribution in [3.63, 3.8) is 0 Å².